The molecule has 1 aromatic heterocycles. The Hall–Kier alpha value is -2.71. The number of amides is 2. The molecule has 160 valence electrons. The third-order valence-corrected chi connectivity index (χ3v) is 6.71. The van der Waals surface area contributed by atoms with E-state index in [1.807, 2.05) is 0 Å². The number of hydrogen-bond acceptors (Lipinski definition) is 5. The van der Waals surface area contributed by atoms with Crippen molar-refractivity contribution in [1.82, 2.24) is 19.7 Å². The Labute approximate surface area is 188 Å². The van der Waals surface area contributed by atoms with Gasteiger partial charge in [-0.1, -0.05) is 41.9 Å². The largest absolute Gasteiger partial charge is 0.305 e. The van der Waals surface area contributed by atoms with Crippen molar-refractivity contribution in [2.24, 2.45) is 7.05 Å². The van der Waals surface area contributed by atoms with Crippen LogP contribution in [-0.2, 0) is 11.8 Å². The fraction of sp³-hybridized carbons (Fsp3) is 0.273. The van der Waals surface area contributed by atoms with E-state index in [0.717, 1.165) is 12.8 Å². The summed E-state index contributed by atoms with van der Waals surface area (Å²) in [6.45, 7) is 0.372. The lowest BCUT2D eigenvalue weighted by Gasteiger charge is -2.22. The highest BCUT2D eigenvalue weighted by Crippen LogP contribution is 2.32. The van der Waals surface area contributed by atoms with Gasteiger partial charge in [-0.2, -0.15) is 0 Å². The maximum absolute atomic E-state index is 14.2. The number of rotatable bonds is 4. The topological polar surface area (TPSA) is 68.1 Å². The zero-order valence-corrected chi connectivity index (χ0v) is 18.4. The van der Waals surface area contributed by atoms with Gasteiger partial charge in [-0.25, -0.2) is 4.39 Å². The second-order valence-electron chi connectivity index (χ2n) is 7.25. The van der Waals surface area contributed by atoms with Gasteiger partial charge in [0.15, 0.2) is 11.0 Å². The van der Waals surface area contributed by atoms with Gasteiger partial charge in [-0.3, -0.25) is 14.5 Å². The quantitative estimate of drug-likeness (QED) is 0.535. The summed E-state index contributed by atoms with van der Waals surface area (Å²) in [5, 5.41) is 8.84. The summed E-state index contributed by atoms with van der Waals surface area (Å²) >= 11 is 7.16. The van der Waals surface area contributed by atoms with E-state index < -0.39 is 5.25 Å². The van der Waals surface area contributed by atoms with Crippen LogP contribution in [0.25, 0.3) is 11.4 Å². The Kier molecular flexibility index (Phi) is 6.38. The number of benzene rings is 2. The lowest BCUT2D eigenvalue weighted by molar-refractivity contribution is -0.127. The number of carbonyl (C=O) groups excluding carboxylic acids is 2. The van der Waals surface area contributed by atoms with E-state index in [2.05, 4.69) is 10.2 Å². The normalized spacial score (nSPS) is 16.9. The van der Waals surface area contributed by atoms with E-state index in [1.54, 1.807) is 54.1 Å². The summed E-state index contributed by atoms with van der Waals surface area (Å²) in [4.78, 5) is 27.5. The molecular weight excluding hydrogens is 439 g/mol. The molecule has 9 heteroatoms. The molecule has 0 saturated carbocycles. The highest BCUT2D eigenvalue weighted by atomic mass is 35.5. The molecule has 2 heterocycles. The van der Waals surface area contributed by atoms with Crippen molar-refractivity contribution in [3.05, 3.63) is 64.9 Å². The molecule has 0 spiro atoms. The summed E-state index contributed by atoms with van der Waals surface area (Å²) in [6.07, 6.45) is 2.17. The first-order valence-corrected chi connectivity index (χ1v) is 11.1. The number of halogens is 2. The van der Waals surface area contributed by atoms with Crippen LogP contribution in [-0.4, -0.2) is 43.3 Å². The maximum atomic E-state index is 14.2. The Bertz CT molecular complexity index is 1120. The minimum atomic E-state index is -0.477. The van der Waals surface area contributed by atoms with Crippen molar-refractivity contribution in [3.63, 3.8) is 0 Å². The third kappa shape index (κ3) is 4.50. The second-order valence-corrected chi connectivity index (χ2v) is 8.86. The molecule has 3 aromatic rings. The highest BCUT2D eigenvalue weighted by molar-refractivity contribution is 8.00. The number of likely N-dealkylation sites (tertiary alicyclic amines) is 1. The van der Waals surface area contributed by atoms with Gasteiger partial charge in [0, 0.05) is 24.2 Å². The van der Waals surface area contributed by atoms with Crippen LogP contribution in [0, 0.1) is 5.82 Å². The van der Waals surface area contributed by atoms with E-state index in [-0.39, 0.29) is 17.6 Å². The van der Waals surface area contributed by atoms with Crippen molar-refractivity contribution < 1.29 is 14.0 Å². The van der Waals surface area contributed by atoms with Crippen molar-refractivity contribution in [3.8, 4) is 11.4 Å². The average molecular weight is 459 g/mol. The van der Waals surface area contributed by atoms with Crippen LogP contribution in [0.1, 0.15) is 29.6 Å². The molecule has 0 N–H and O–H groups in total. The number of thioether (sulfide) groups is 1. The second kappa shape index (κ2) is 9.20. The lowest BCUT2D eigenvalue weighted by Crippen LogP contribution is -2.41. The highest BCUT2D eigenvalue weighted by Gasteiger charge is 2.33. The molecule has 2 amide bonds. The van der Waals surface area contributed by atoms with Crippen LogP contribution in [0.3, 0.4) is 0 Å². The molecule has 1 aliphatic rings. The van der Waals surface area contributed by atoms with Crippen molar-refractivity contribution in [2.45, 2.75) is 29.7 Å². The van der Waals surface area contributed by atoms with E-state index in [0.29, 0.717) is 40.1 Å². The van der Waals surface area contributed by atoms with Gasteiger partial charge in [0.05, 0.1) is 10.8 Å². The van der Waals surface area contributed by atoms with Gasteiger partial charge in [0.25, 0.3) is 5.91 Å². The van der Waals surface area contributed by atoms with Crippen molar-refractivity contribution >= 4 is 35.2 Å². The van der Waals surface area contributed by atoms with Gasteiger partial charge < -0.3 is 4.57 Å². The summed E-state index contributed by atoms with van der Waals surface area (Å²) in [7, 11) is 1.74. The SMILES string of the molecule is Cn1c(S[C@@H]2CCCCN(C(=O)c3ccc(Cl)cc3)C2=O)nnc1-c1ccccc1F. The minimum absolute atomic E-state index is 0.252. The Morgan fingerprint density at radius 2 is 1.87 bits per heavy atom. The molecule has 6 nitrogen and oxygen atoms in total. The molecule has 0 bridgehead atoms. The molecule has 1 saturated heterocycles. The smallest absolute Gasteiger partial charge is 0.260 e. The molecule has 0 unspecified atom stereocenters. The first-order valence-electron chi connectivity index (χ1n) is 9.88. The number of hydrogen-bond donors (Lipinski definition) is 0. The third-order valence-electron chi connectivity index (χ3n) is 5.17. The number of nitrogens with zero attached hydrogens (tertiary/aromatic N) is 4. The van der Waals surface area contributed by atoms with Gasteiger partial charge in [-0.15, -0.1) is 10.2 Å². The van der Waals surface area contributed by atoms with E-state index >= 15 is 0 Å². The summed E-state index contributed by atoms with van der Waals surface area (Å²) in [6, 6.07) is 12.8. The molecule has 31 heavy (non-hydrogen) atoms. The van der Waals surface area contributed by atoms with Crippen LogP contribution in [0.5, 0.6) is 0 Å². The molecule has 0 aliphatic carbocycles. The van der Waals surface area contributed by atoms with Crippen molar-refractivity contribution in [2.75, 3.05) is 6.54 Å². The number of aromatic nitrogens is 3. The van der Waals surface area contributed by atoms with Crippen LogP contribution in [0.4, 0.5) is 4.39 Å². The van der Waals surface area contributed by atoms with Gasteiger partial charge in [-0.05, 0) is 49.2 Å². The summed E-state index contributed by atoms with van der Waals surface area (Å²) in [5.41, 5.74) is 0.764. The van der Waals surface area contributed by atoms with E-state index in [1.165, 1.54) is 22.7 Å². The summed E-state index contributed by atoms with van der Waals surface area (Å²) in [5.74, 6) is -0.590. The fourth-order valence-corrected chi connectivity index (χ4v) is 4.71. The lowest BCUT2D eigenvalue weighted by atomic mass is 10.2. The van der Waals surface area contributed by atoms with Gasteiger partial charge in [0.1, 0.15) is 5.82 Å². The van der Waals surface area contributed by atoms with Crippen molar-refractivity contribution in [1.29, 1.82) is 0 Å². The van der Waals surface area contributed by atoms with Gasteiger partial charge >= 0.3 is 0 Å². The minimum Gasteiger partial charge on any atom is -0.305 e. The first kappa shape index (κ1) is 21.5. The molecule has 1 aliphatic heterocycles. The Morgan fingerprint density at radius 3 is 2.61 bits per heavy atom. The zero-order chi connectivity index (χ0) is 22.0. The fourth-order valence-electron chi connectivity index (χ4n) is 3.49. The molecular formula is C22H20ClFN4O2S. The maximum Gasteiger partial charge on any atom is 0.260 e. The first-order chi connectivity index (χ1) is 15.0. The van der Waals surface area contributed by atoms with Crippen LogP contribution < -0.4 is 0 Å². The monoisotopic (exact) mass is 458 g/mol. The zero-order valence-electron chi connectivity index (χ0n) is 16.8. The van der Waals surface area contributed by atoms with E-state index in [9.17, 15) is 14.0 Å². The van der Waals surface area contributed by atoms with Crippen LogP contribution in [0.2, 0.25) is 5.02 Å². The Morgan fingerprint density at radius 1 is 1.13 bits per heavy atom. The standard InChI is InChI=1S/C22H20ClFN4O2S/c1-27-19(16-6-2-3-7-17(16)24)25-26-22(27)31-18-8-4-5-13-28(21(18)30)20(29)14-9-11-15(23)12-10-14/h2-3,6-7,9-12,18H,4-5,8,13H2,1H3/t18-/m1/s1. The molecule has 1 fully saturated rings. The molecule has 0 radical (unpaired) electrons. The molecule has 2 aromatic carbocycles. The average Bonchev–Trinajstić information content (AvgIpc) is 3.02. The van der Waals surface area contributed by atoms with E-state index in [4.69, 9.17) is 11.6 Å². The summed E-state index contributed by atoms with van der Waals surface area (Å²) < 4.78 is 15.8. The molecule has 4 rings (SSSR count). The van der Waals surface area contributed by atoms with Gasteiger partial charge in [0.2, 0.25) is 5.91 Å². The number of imide groups is 1. The number of carbonyl (C=O) groups is 2. The Balaban J connectivity index is 1.56. The molecule has 1 atom stereocenters. The predicted octanol–water partition coefficient (Wildman–Crippen LogP) is 4.59. The predicted molar refractivity (Wildman–Crippen MR) is 117 cm³/mol. The van der Waals surface area contributed by atoms with Crippen LogP contribution in [0.15, 0.2) is 53.7 Å². The van der Waals surface area contributed by atoms with Crippen LogP contribution >= 0.6 is 23.4 Å².